The second kappa shape index (κ2) is 2.80. The van der Waals surface area contributed by atoms with Crippen molar-refractivity contribution in [2.24, 2.45) is 5.41 Å². The van der Waals surface area contributed by atoms with Gasteiger partial charge in [-0.2, -0.15) is 0 Å². The molecule has 84 valence electrons. The van der Waals surface area contributed by atoms with Crippen LogP contribution in [-0.2, 0) is 0 Å². The maximum atomic E-state index is 3.70. The molecule has 2 atom stereocenters. The Balaban J connectivity index is 1.84. The number of hydrogen-bond acceptors (Lipinski definition) is 2. The van der Waals surface area contributed by atoms with E-state index in [0.29, 0.717) is 11.5 Å². The molecule has 1 saturated heterocycles. The van der Waals surface area contributed by atoms with Crippen LogP contribution in [0.5, 0.6) is 0 Å². The van der Waals surface area contributed by atoms with Crippen LogP contribution in [0.1, 0.15) is 29.9 Å². The van der Waals surface area contributed by atoms with Crippen molar-refractivity contribution in [1.82, 2.24) is 5.32 Å². The molecule has 2 heterocycles. The van der Waals surface area contributed by atoms with E-state index in [1.54, 1.807) is 5.56 Å². The lowest BCUT2D eigenvalue weighted by Crippen LogP contribution is -2.47. The third kappa shape index (κ3) is 1.06. The summed E-state index contributed by atoms with van der Waals surface area (Å²) in [6.07, 6.45) is 2.83. The highest BCUT2D eigenvalue weighted by atomic mass is 15.1. The molecule has 0 amide bonds. The summed E-state index contributed by atoms with van der Waals surface area (Å²) in [4.78, 5) is 0. The lowest BCUT2D eigenvalue weighted by molar-refractivity contribution is 0.293. The van der Waals surface area contributed by atoms with Gasteiger partial charge in [0.25, 0.3) is 0 Å². The van der Waals surface area contributed by atoms with E-state index in [-0.39, 0.29) is 0 Å². The number of fused-ring (bicyclic) bond motifs is 4. The molecule has 3 aliphatic rings. The van der Waals surface area contributed by atoms with Crippen LogP contribution < -0.4 is 10.6 Å². The van der Waals surface area contributed by atoms with Gasteiger partial charge in [-0.1, -0.05) is 17.7 Å². The zero-order chi connectivity index (χ0) is 10.8. The minimum atomic E-state index is 0.592. The van der Waals surface area contributed by atoms with Gasteiger partial charge in [0, 0.05) is 30.7 Å². The third-order valence-corrected chi connectivity index (χ3v) is 4.68. The fourth-order valence-electron chi connectivity index (χ4n) is 3.73. The number of rotatable bonds is 0. The average molecular weight is 214 g/mol. The Morgan fingerprint density at radius 2 is 2.19 bits per heavy atom. The van der Waals surface area contributed by atoms with Crippen LogP contribution in [0, 0.1) is 12.3 Å². The first-order valence-corrected chi connectivity index (χ1v) is 6.36. The molecule has 2 nitrogen and oxygen atoms in total. The number of nitrogens with one attached hydrogen (secondary N) is 2. The fraction of sp³-hybridized carbons (Fsp3) is 0.571. The van der Waals surface area contributed by atoms with E-state index in [4.69, 9.17) is 0 Å². The molecule has 2 unspecified atom stereocenters. The predicted octanol–water partition coefficient (Wildman–Crippen LogP) is 2.26. The molecule has 4 rings (SSSR count). The van der Waals surface area contributed by atoms with Crippen LogP contribution >= 0.6 is 0 Å². The van der Waals surface area contributed by atoms with Crippen LogP contribution in [0.25, 0.3) is 0 Å². The molecule has 0 radical (unpaired) electrons. The molecule has 2 heteroatoms. The van der Waals surface area contributed by atoms with Crippen molar-refractivity contribution in [2.45, 2.75) is 31.7 Å². The third-order valence-electron chi connectivity index (χ3n) is 4.68. The van der Waals surface area contributed by atoms with E-state index >= 15 is 0 Å². The zero-order valence-electron chi connectivity index (χ0n) is 9.72. The summed E-state index contributed by atoms with van der Waals surface area (Å²) < 4.78 is 0. The van der Waals surface area contributed by atoms with Crippen LogP contribution in [0.2, 0.25) is 0 Å². The Labute approximate surface area is 96.4 Å². The lowest BCUT2D eigenvalue weighted by Gasteiger charge is -2.35. The van der Waals surface area contributed by atoms with Gasteiger partial charge in [-0.15, -0.1) is 0 Å². The van der Waals surface area contributed by atoms with Gasteiger partial charge in [-0.05, 0) is 36.8 Å². The highest BCUT2D eigenvalue weighted by molar-refractivity contribution is 5.62. The van der Waals surface area contributed by atoms with Gasteiger partial charge in [0.15, 0.2) is 0 Å². The molecule has 1 spiro atoms. The number of hydrogen-bond donors (Lipinski definition) is 2. The molecule has 1 aromatic rings. The van der Waals surface area contributed by atoms with E-state index < -0.39 is 0 Å². The Morgan fingerprint density at radius 1 is 1.31 bits per heavy atom. The molecular formula is C14H18N2. The first-order valence-electron chi connectivity index (χ1n) is 6.36. The second-order valence-corrected chi connectivity index (χ2v) is 5.81. The van der Waals surface area contributed by atoms with Gasteiger partial charge >= 0.3 is 0 Å². The highest BCUT2D eigenvalue weighted by Gasteiger charge is 2.56. The molecule has 0 bridgehead atoms. The summed E-state index contributed by atoms with van der Waals surface area (Å²) in [5, 5.41) is 7.29. The van der Waals surface area contributed by atoms with Crippen LogP contribution in [0.3, 0.4) is 0 Å². The Kier molecular flexibility index (Phi) is 1.59. The SMILES string of the molecule is Cc1ccc2c(c1)C1C(CNCC13CC3)N2. The summed E-state index contributed by atoms with van der Waals surface area (Å²) in [6.45, 7) is 4.55. The van der Waals surface area contributed by atoms with Crippen molar-refractivity contribution < 1.29 is 0 Å². The Hall–Kier alpha value is -1.02. The van der Waals surface area contributed by atoms with Crippen molar-refractivity contribution in [3.63, 3.8) is 0 Å². The van der Waals surface area contributed by atoms with E-state index in [2.05, 4.69) is 35.8 Å². The molecule has 1 aliphatic carbocycles. The van der Waals surface area contributed by atoms with Gasteiger partial charge in [0.2, 0.25) is 0 Å². The van der Waals surface area contributed by atoms with Gasteiger partial charge in [0.1, 0.15) is 0 Å². The number of piperidine rings is 1. The average Bonchev–Trinajstić information content (AvgIpc) is 2.92. The van der Waals surface area contributed by atoms with E-state index in [9.17, 15) is 0 Å². The minimum Gasteiger partial charge on any atom is -0.380 e. The van der Waals surface area contributed by atoms with Crippen molar-refractivity contribution in [3.05, 3.63) is 29.3 Å². The number of aryl methyl sites for hydroxylation is 1. The molecule has 16 heavy (non-hydrogen) atoms. The molecular weight excluding hydrogens is 196 g/mol. The van der Waals surface area contributed by atoms with Crippen LogP contribution in [-0.4, -0.2) is 19.1 Å². The Bertz CT molecular complexity index is 448. The molecule has 1 saturated carbocycles. The molecule has 1 aromatic carbocycles. The maximum Gasteiger partial charge on any atom is 0.0461 e. The van der Waals surface area contributed by atoms with Crippen molar-refractivity contribution >= 4 is 5.69 Å². The maximum absolute atomic E-state index is 3.70. The smallest absolute Gasteiger partial charge is 0.0461 e. The van der Waals surface area contributed by atoms with E-state index in [1.165, 1.54) is 30.6 Å². The fourth-order valence-corrected chi connectivity index (χ4v) is 3.73. The topological polar surface area (TPSA) is 24.1 Å². The first-order chi connectivity index (χ1) is 7.78. The van der Waals surface area contributed by atoms with Crippen LogP contribution in [0.4, 0.5) is 5.69 Å². The molecule has 2 aliphatic heterocycles. The van der Waals surface area contributed by atoms with Crippen molar-refractivity contribution in [3.8, 4) is 0 Å². The second-order valence-electron chi connectivity index (χ2n) is 5.81. The summed E-state index contributed by atoms with van der Waals surface area (Å²) in [6, 6.07) is 7.52. The summed E-state index contributed by atoms with van der Waals surface area (Å²) in [5.41, 5.74) is 4.96. The normalized spacial score (nSPS) is 33.1. The first kappa shape index (κ1) is 9.06. The largest absolute Gasteiger partial charge is 0.380 e. The molecule has 2 N–H and O–H groups in total. The van der Waals surface area contributed by atoms with Gasteiger partial charge in [-0.3, -0.25) is 0 Å². The highest BCUT2D eigenvalue weighted by Crippen LogP contribution is 2.61. The van der Waals surface area contributed by atoms with E-state index in [1.807, 2.05) is 0 Å². The number of anilines is 1. The minimum absolute atomic E-state index is 0.592. The van der Waals surface area contributed by atoms with Gasteiger partial charge < -0.3 is 10.6 Å². The van der Waals surface area contributed by atoms with Gasteiger partial charge in [0.05, 0.1) is 0 Å². The quantitative estimate of drug-likeness (QED) is 0.692. The Morgan fingerprint density at radius 3 is 3.00 bits per heavy atom. The lowest BCUT2D eigenvalue weighted by atomic mass is 9.77. The van der Waals surface area contributed by atoms with E-state index in [0.717, 1.165) is 12.5 Å². The van der Waals surface area contributed by atoms with Gasteiger partial charge in [-0.25, -0.2) is 0 Å². The molecule has 2 fully saturated rings. The van der Waals surface area contributed by atoms with Crippen molar-refractivity contribution in [2.75, 3.05) is 18.4 Å². The summed E-state index contributed by atoms with van der Waals surface area (Å²) in [7, 11) is 0. The van der Waals surface area contributed by atoms with Crippen LogP contribution in [0.15, 0.2) is 18.2 Å². The number of benzene rings is 1. The predicted molar refractivity (Wildman–Crippen MR) is 65.9 cm³/mol. The monoisotopic (exact) mass is 214 g/mol. The molecule has 0 aromatic heterocycles. The standard InChI is InChI=1S/C14H18N2/c1-9-2-3-11-10(6-9)13-12(16-11)7-15-8-14(13)4-5-14/h2-3,6,12-13,15-16H,4-5,7-8H2,1H3. The van der Waals surface area contributed by atoms with Crippen molar-refractivity contribution in [1.29, 1.82) is 0 Å². The summed E-state index contributed by atoms with van der Waals surface area (Å²) >= 11 is 0. The zero-order valence-corrected chi connectivity index (χ0v) is 9.72. The summed E-state index contributed by atoms with van der Waals surface area (Å²) in [5.74, 6) is 0.767.